The van der Waals surface area contributed by atoms with Crippen molar-refractivity contribution in [1.82, 2.24) is 0 Å². The van der Waals surface area contributed by atoms with E-state index in [1.807, 2.05) is 13.8 Å². The molecule has 3 aliphatic rings. The van der Waals surface area contributed by atoms with Crippen molar-refractivity contribution in [3.63, 3.8) is 0 Å². The van der Waals surface area contributed by atoms with Gasteiger partial charge in [0.25, 0.3) is 0 Å². The highest BCUT2D eigenvalue weighted by Crippen LogP contribution is 2.56. The molecule has 2 heterocycles. The number of nitrogens with one attached hydrogen (secondary N) is 1. The molecule has 7 nitrogen and oxygen atoms in total. The summed E-state index contributed by atoms with van der Waals surface area (Å²) in [6, 6.07) is 5.22. The normalized spacial score (nSPS) is 24.8. The summed E-state index contributed by atoms with van der Waals surface area (Å²) in [5.41, 5.74) is 5.17. The highest BCUT2D eigenvalue weighted by molar-refractivity contribution is 9.10. The summed E-state index contributed by atoms with van der Waals surface area (Å²) in [7, 11) is 0. The van der Waals surface area contributed by atoms with E-state index in [0.29, 0.717) is 27.9 Å². The van der Waals surface area contributed by atoms with Crippen molar-refractivity contribution in [2.24, 2.45) is 11.1 Å². The Morgan fingerprint density at radius 3 is 2.72 bits per heavy atom. The Morgan fingerprint density at radius 1 is 1.31 bits per heavy atom. The number of halogens is 1. The molecule has 0 aromatic heterocycles. The molecule has 0 fully saturated rings. The summed E-state index contributed by atoms with van der Waals surface area (Å²) in [6.07, 6.45) is 0.644. The Kier molecular flexibility index (Phi) is 4.38. The lowest BCUT2D eigenvalue weighted by Gasteiger charge is -2.38. The van der Waals surface area contributed by atoms with Gasteiger partial charge in [0.15, 0.2) is 11.2 Å². The van der Waals surface area contributed by atoms with Gasteiger partial charge in [-0.15, -0.1) is 0 Å². The fourth-order valence-corrected chi connectivity index (χ4v) is 4.84. The van der Waals surface area contributed by atoms with Crippen LogP contribution < -0.4 is 11.1 Å². The van der Waals surface area contributed by atoms with Crippen LogP contribution in [0.5, 0.6) is 0 Å². The average molecular weight is 461 g/mol. The quantitative estimate of drug-likeness (QED) is 0.652. The Bertz CT molecular complexity index is 1040. The summed E-state index contributed by atoms with van der Waals surface area (Å²) in [4.78, 5) is 39.7. The number of ketones is 1. The molecule has 0 radical (unpaired) electrons. The Hall–Kier alpha value is -2.61. The minimum atomic E-state index is -1.75. The summed E-state index contributed by atoms with van der Waals surface area (Å²) < 4.78 is 11.6. The zero-order valence-electron chi connectivity index (χ0n) is 16.3. The first-order valence-corrected chi connectivity index (χ1v) is 10.1. The maximum Gasteiger partial charge on any atom is 0.339 e. The lowest BCUT2D eigenvalue weighted by molar-refractivity contribution is -0.146. The van der Waals surface area contributed by atoms with E-state index in [1.54, 1.807) is 25.1 Å². The number of Topliss-reactive ketones (excluding diaryl/α,β-unsaturated/α-hetero) is 1. The van der Waals surface area contributed by atoms with Gasteiger partial charge in [-0.25, -0.2) is 9.59 Å². The van der Waals surface area contributed by atoms with Gasteiger partial charge in [-0.05, 0) is 30.5 Å². The van der Waals surface area contributed by atoms with Crippen LogP contribution in [0.1, 0.15) is 39.2 Å². The number of allylic oxidation sites excluding steroid dienone is 1. The minimum absolute atomic E-state index is 0.0263. The topological polar surface area (TPSA) is 108 Å². The number of carbonyl (C=O) groups is 3. The van der Waals surface area contributed by atoms with E-state index in [2.05, 4.69) is 21.2 Å². The van der Waals surface area contributed by atoms with E-state index in [0.717, 1.165) is 0 Å². The van der Waals surface area contributed by atoms with Crippen molar-refractivity contribution in [3.8, 4) is 0 Å². The number of ether oxygens (including phenoxy) is 2. The SMILES string of the molecule is CCOC(=O)C1=C(N)Nc2ccc(Br)cc2C12C(=O)OC1=C2C(=O)CC(C)(C)C1. The molecule has 1 spiro atoms. The smallest absolute Gasteiger partial charge is 0.339 e. The standard InChI is InChI=1S/C21H21BrN2O5/c1-4-28-18(26)16-17(23)24-12-6-5-10(22)7-11(12)21(16)15-13(25)8-20(2,3)9-14(15)29-19(21)27/h5-7,24H,4,8-9,23H2,1-3H3. The molecule has 1 aromatic carbocycles. The number of anilines is 1. The molecule has 4 rings (SSSR count). The van der Waals surface area contributed by atoms with Crippen molar-refractivity contribution < 1.29 is 23.9 Å². The molecule has 1 aromatic rings. The summed E-state index contributed by atoms with van der Waals surface area (Å²) in [5.74, 6) is -1.42. The third-order valence-corrected chi connectivity index (χ3v) is 6.01. The van der Waals surface area contributed by atoms with Crippen LogP contribution in [0.3, 0.4) is 0 Å². The number of esters is 2. The van der Waals surface area contributed by atoms with E-state index in [9.17, 15) is 14.4 Å². The first-order valence-electron chi connectivity index (χ1n) is 9.35. The van der Waals surface area contributed by atoms with Crippen LogP contribution in [0.2, 0.25) is 0 Å². The fraction of sp³-hybridized carbons (Fsp3) is 0.381. The van der Waals surface area contributed by atoms with E-state index in [4.69, 9.17) is 15.2 Å². The monoisotopic (exact) mass is 460 g/mol. The van der Waals surface area contributed by atoms with Gasteiger partial charge in [-0.2, -0.15) is 0 Å². The van der Waals surface area contributed by atoms with Crippen LogP contribution in [0.4, 0.5) is 5.69 Å². The zero-order chi connectivity index (χ0) is 21.1. The van der Waals surface area contributed by atoms with Gasteiger partial charge in [0, 0.05) is 28.6 Å². The Balaban J connectivity index is 2.08. The van der Waals surface area contributed by atoms with Crippen molar-refractivity contribution in [3.05, 3.63) is 51.0 Å². The summed E-state index contributed by atoms with van der Waals surface area (Å²) in [6.45, 7) is 5.64. The van der Waals surface area contributed by atoms with Crippen LogP contribution in [-0.2, 0) is 29.3 Å². The third-order valence-electron chi connectivity index (χ3n) is 5.51. The molecule has 1 atom stereocenters. The largest absolute Gasteiger partial charge is 0.462 e. The maximum absolute atomic E-state index is 13.5. The van der Waals surface area contributed by atoms with Crippen LogP contribution in [0.25, 0.3) is 0 Å². The minimum Gasteiger partial charge on any atom is -0.462 e. The molecule has 3 N–H and O–H groups in total. The van der Waals surface area contributed by atoms with Gasteiger partial charge < -0.3 is 20.5 Å². The highest BCUT2D eigenvalue weighted by atomic mass is 79.9. The predicted octanol–water partition coefficient (Wildman–Crippen LogP) is 3.05. The van der Waals surface area contributed by atoms with Crippen molar-refractivity contribution in [2.45, 2.75) is 39.0 Å². The number of fused-ring (bicyclic) bond motifs is 3. The van der Waals surface area contributed by atoms with Gasteiger partial charge in [0.2, 0.25) is 0 Å². The number of carbonyl (C=O) groups excluding carboxylic acids is 3. The van der Waals surface area contributed by atoms with Crippen LogP contribution in [0.15, 0.2) is 45.4 Å². The first kappa shape index (κ1) is 19.7. The number of hydrogen-bond acceptors (Lipinski definition) is 7. The number of nitrogens with two attached hydrogens (primary N) is 1. The molecule has 0 bridgehead atoms. The summed E-state index contributed by atoms with van der Waals surface area (Å²) in [5, 5.41) is 2.97. The zero-order valence-corrected chi connectivity index (χ0v) is 17.9. The maximum atomic E-state index is 13.5. The van der Waals surface area contributed by atoms with E-state index < -0.39 is 17.4 Å². The van der Waals surface area contributed by atoms with Gasteiger partial charge in [-0.3, -0.25) is 4.79 Å². The van der Waals surface area contributed by atoms with Crippen LogP contribution >= 0.6 is 15.9 Å². The Morgan fingerprint density at radius 2 is 2.03 bits per heavy atom. The molecule has 2 aliphatic heterocycles. The van der Waals surface area contributed by atoms with Crippen LogP contribution in [0, 0.1) is 5.41 Å². The lowest BCUT2D eigenvalue weighted by Crippen LogP contribution is -2.48. The van der Waals surface area contributed by atoms with Crippen molar-refractivity contribution >= 4 is 39.3 Å². The van der Waals surface area contributed by atoms with Gasteiger partial charge in [0.1, 0.15) is 17.2 Å². The molecule has 152 valence electrons. The lowest BCUT2D eigenvalue weighted by atomic mass is 9.62. The Labute approximate surface area is 176 Å². The molecule has 0 amide bonds. The van der Waals surface area contributed by atoms with Gasteiger partial charge >= 0.3 is 11.9 Å². The van der Waals surface area contributed by atoms with Crippen LogP contribution in [-0.4, -0.2) is 24.3 Å². The van der Waals surface area contributed by atoms with Gasteiger partial charge in [-0.1, -0.05) is 29.8 Å². The second kappa shape index (κ2) is 6.45. The molecule has 0 saturated carbocycles. The third kappa shape index (κ3) is 2.73. The number of rotatable bonds is 2. The van der Waals surface area contributed by atoms with Crippen molar-refractivity contribution in [2.75, 3.05) is 11.9 Å². The molecular weight excluding hydrogens is 440 g/mol. The predicted molar refractivity (Wildman–Crippen MR) is 108 cm³/mol. The van der Waals surface area contributed by atoms with E-state index in [1.165, 1.54) is 0 Å². The molecule has 8 heteroatoms. The molecule has 1 aliphatic carbocycles. The van der Waals surface area contributed by atoms with Crippen molar-refractivity contribution in [1.29, 1.82) is 0 Å². The fourth-order valence-electron chi connectivity index (χ4n) is 4.48. The highest BCUT2D eigenvalue weighted by Gasteiger charge is 2.64. The number of hydrogen-bond donors (Lipinski definition) is 2. The summed E-state index contributed by atoms with van der Waals surface area (Å²) >= 11 is 3.42. The van der Waals surface area contributed by atoms with Gasteiger partial charge in [0.05, 0.1) is 12.2 Å². The first-order chi connectivity index (χ1) is 13.6. The second-order valence-electron chi connectivity index (χ2n) is 8.20. The molecule has 0 saturated heterocycles. The van der Waals surface area contributed by atoms with E-state index in [-0.39, 0.29) is 41.2 Å². The average Bonchev–Trinajstić information content (AvgIpc) is 2.87. The molecule has 29 heavy (non-hydrogen) atoms. The van der Waals surface area contributed by atoms with E-state index >= 15 is 0 Å². The number of benzene rings is 1. The molecular formula is C21H21BrN2O5. The second-order valence-corrected chi connectivity index (χ2v) is 9.12. The molecule has 1 unspecified atom stereocenters.